The number of unbranched alkanes of at least 4 members (excludes halogenated alkanes) is 5. The lowest BCUT2D eigenvalue weighted by Gasteiger charge is -2.09. The van der Waals surface area contributed by atoms with Crippen LogP contribution in [-0.4, -0.2) is 129 Å². The van der Waals surface area contributed by atoms with Crippen LogP contribution in [0.15, 0.2) is 0 Å². The minimum atomic E-state index is -0.983. The second-order valence-corrected chi connectivity index (χ2v) is 9.62. The normalized spacial score (nSPS) is 11.1. The fourth-order valence-electron chi connectivity index (χ4n) is 3.47. The van der Waals surface area contributed by atoms with E-state index < -0.39 is 5.97 Å². The number of hydrogen-bond donors (Lipinski definition) is 2. The van der Waals surface area contributed by atoms with Gasteiger partial charge in [0.15, 0.2) is 0 Å². The van der Waals surface area contributed by atoms with Crippen LogP contribution in [0.25, 0.3) is 0 Å². The number of carboxylic acids is 1. The monoisotopic (exact) mass is 623 g/mol. The van der Waals surface area contributed by atoms with Gasteiger partial charge in [-0.25, -0.2) is 0 Å². The van der Waals surface area contributed by atoms with Crippen LogP contribution in [0.1, 0.15) is 71.1 Å². The van der Waals surface area contributed by atoms with Crippen LogP contribution in [0.2, 0.25) is 0 Å². The van der Waals surface area contributed by atoms with E-state index in [0.717, 1.165) is 12.8 Å². The number of amides is 1. The summed E-state index contributed by atoms with van der Waals surface area (Å²) in [6.07, 6.45) is 7.86. The third kappa shape index (κ3) is 36.2. The molecule has 0 aromatic heterocycles. The van der Waals surface area contributed by atoms with Crippen molar-refractivity contribution in [2.45, 2.75) is 71.1 Å². The van der Waals surface area contributed by atoms with Gasteiger partial charge >= 0.3 is 11.9 Å². The molecule has 0 aromatic rings. The van der Waals surface area contributed by atoms with Gasteiger partial charge in [-0.2, -0.15) is 0 Å². The molecule has 0 heterocycles. The van der Waals surface area contributed by atoms with Crippen molar-refractivity contribution in [3.05, 3.63) is 0 Å². The number of carbonyl (C=O) groups is 3. The Morgan fingerprint density at radius 1 is 0.488 bits per heavy atom. The van der Waals surface area contributed by atoms with Gasteiger partial charge in [0.2, 0.25) is 5.91 Å². The Morgan fingerprint density at radius 2 is 0.907 bits per heavy atom. The van der Waals surface area contributed by atoms with E-state index in [2.05, 4.69) is 12.2 Å². The zero-order chi connectivity index (χ0) is 31.5. The third-order valence-electron chi connectivity index (χ3n) is 5.81. The Balaban J connectivity index is 3.14. The van der Waals surface area contributed by atoms with Crippen LogP contribution in [0.5, 0.6) is 0 Å². The molecule has 0 aliphatic heterocycles. The Kier molecular flexibility index (Phi) is 33.1. The van der Waals surface area contributed by atoms with E-state index >= 15 is 0 Å². The topological polar surface area (TPSA) is 157 Å². The molecule has 0 atom stereocenters. The standard InChI is InChI=1S/C30H57NO12/c1-2-3-4-5-6-7-9-30(35)43-27-26-42-25-24-41-23-22-40-21-20-39-19-18-38-17-16-37-15-14-36-13-8-12-31-28(32)10-11-29(33)34/h2-27H2,1H3,(H,31,32)(H,33,34). The van der Waals surface area contributed by atoms with Crippen molar-refractivity contribution >= 4 is 17.8 Å². The molecular weight excluding hydrogens is 566 g/mol. The maximum absolute atomic E-state index is 11.6. The Bertz CT molecular complexity index is 638. The molecule has 0 saturated heterocycles. The molecule has 2 N–H and O–H groups in total. The van der Waals surface area contributed by atoms with Crippen LogP contribution in [0.3, 0.4) is 0 Å². The molecule has 13 heteroatoms. The SMILES string of the molecule is CCCCCCCCC(=O)OCCOCCOCCOCCOCCOCCOCCOCCCNC(=O)CCC(=O)O. The predicted molar refractivity (Wildman–Crippen MR) is 159 cm³/mol. The predicted octanol–water partition coefficient (Wildman–Crippen LogP) is 2.77. The van der Waals surface area contributed by atoms with Gasteiger partial charge in [-0.15, -0.1) is 0 Å². The van der Waals surface area contributed by atoms with Crippen LogP contribution in [-0.2, 0) is 52.3 Å². The fourth-order valence-corrected chi connectivity index (χ4v) is 3.47. The summed E-state index contributed by atoms with van der Waals surface area (Å²) in [6, 6.07) is 0. The van der Waals surface area contributed by atoms with Gasteiger partial charge in [0.1, 0.15) is 6.61 Å². The molecule has 13 nitrogen and oxygen atoms in total. The van der Waals surface area contributed by atoms with Crippen LogP contribution < -0.4 is 5.32 Å². The highest BCUT2D eigenvalue weighted by molar-refractivity contribution is 5.80. The Hall–Kier alpha value is -1.87. The summed E-state index contributed by atoms with van der Waals surface area (Å²) in [6.45, 7) is 9.36. The second kappa shape index (κ2) is 34.6. The molecular formula is C30H57NO12. The van der Waals surface area contributed by atoms with Gasteiger partial charge < -0.3 is 48.3 Å². The summed E-state index contributed by atoms with van der Waals surface area (Å²) in [5.74, 6) is -1.40. The van der Waals surface area contributed by atoms with E-state index in [-0.39, 0.29) is 31.3 Å². The Labute approximate surface area is 257 Å². The number of ether oxygens (including phenoxy) is 8. The molecule has 0 spiro atoms. The number of aliphatic carboxylic acids is 1. The first-order valence-corrected chi connectivity index (χ1v) is 15.7. The van der Waals surface area contributed by atoms with Crippen molar-refractivity contribution in [2.24, 2.45) is 0 Å². The van der Waals surface area contributed by atoms with Crippen molar-refractivity contribution in [1.29, 1.82) is 0 Å². The molecule has 0 radical (unpaired) electrons. The maximum Gasteiger partial charge on any atom is 0.305 e. The minimum Gasteiger partial charge on any atom is -0.481 e. The molecule has 0 unspecified atom stereocenters. The molecule has 0 aromatic carbocycles. The molecule has 254 valence electrons. The van der Waals surface area contributed by atoms with Crippen molar-refractivity contribution in [1.82, 2.24) is 5.32 Å². The molecule has 0 aliphatic carbocycles. The summed E-state index contributed by atoms with van der Waals surface area (Å²) in [4.78, 5) is 33.4. The molecule has 0 saturated carbocycles. The summed E-state index contributed by atoms with van der Waals surface area (Å²) >= 11 is 0. The minimum absolute atomic E-state index is 0.00997. The van der Waals surface area contributed by atoms with Gasteiger partial charge in [-0.3, -0.25) is 14.4 Å². The smallest absolute Gasteiger partial charge is 0.305 e. The molecule has 0 bridgehead atoms. The van der Waals surface area contributed by atoms with Crippen molar-refractivity contribution in [2.75, 3.05) is 106 Å². The van der Waals surface area contributed by atoms with Crippen LogP contribution in [0.4, 0.5) is 0 Å². The number of hydrogen-bond acceptors (Lipinski definition) is 11. The van der Waals surface area contributed by atoms with E-state index in [1.165, 1.54) is 25.7 Å². The van der Waals surface area contributed by atoms with E-state index in [0.29, 0.717) is 112 Å². The highest BCUT2D eigenvalue weighted by Crippen LogP contribution is 2.07. The molecule has 1 amide bonds. The summed E-state index contributed by atoms with van der Waals surface area (Å²) < 4.78 is 43.1. The van der Waals surface area contributed by atoms with Crippen molar-refractivity contribution < 1.29 is 57.4 Å². The average Bonchev–Trinajstić information content (AvgIpc) is 2.99. The van der Waals surface area contributed by atoms with E-state index in [9.17, 15) is 14.4 Å². The number of rotatable bonds is 35. The quantitative estimate of drug-likeness (QED) is 0.0787. The van der Waals surface area contributed by atoms with Crippen LogP contribution in [0, 0.1) is 0 Å². The second-order valence-electron chi connectivity index (χ2n) is 9.62. The number of esters is 1. The van der Waals surface area contributed by atoms with Gasteiger partial charge in [-0.1, -0.05) is 39.0 Å². The average molecular weight is 624 g/mol. The van der Waals surface area contributed by atoms with Crippen LogP contribution >= 0.6 is 0 Å². The lowest BCUT2D eigenvalue weighted by atomic mass is 10.1. The van der Waals surface area contributed by atoms with Gasteiger partial charge in [0.05, 0.1) is 92.3 Å². The lowest BCUT2D eigenvalue weighted by Crippen LogP contribution is -2.25. The first kappa shape index (κ1) is 41.1. The third-order valence-corrected chi connectivity index (χ3v) is 5.81. The van der Waals surface area contributed by atoms with Crippen molar-refractivity contribution in [3.8, 4) is 0 Å². The summed E-state index contributed by atoms with van der Waals surface area (Å²) in [5.41, 5.74) is 0. The number of carboxylic acid groups (broad SMARTS) is 1. The zero-order valence-electron chi connectivity index (χ0n) is 26.3. The maximum atomic E-state index is 11.6. The molecule has 0 aliphatic rings. The highest BCUT2D eigenvalue weighted by atomic mass is 16.6. The number of nitrogens with one attached hydrogen (secondary N) is 1. The fraction of sp³-hybridized carbons (Fsp3) is 0.900. The van der Waals surface area contributed by atoms with E-state index in [1.54, 1.807) is 0 Å². The first-order valence-electron chi connectivity index (χ1n) is 15.7. The van der Waals surface area contributed by atoms with Gasteiger partial charge in [0, 0.05) is 26.0 Å². The van der Waals surface area contributed by atoms with Gasteiger partial charge in [0.25, 0.3) is 0 Å². The summed E-state index contributed by atoms with van der Waals surface area (Å²) in [5, 5.41) is 11.2. The summed E-state index contributed by atoms with van der Waals surface area (Å²) in [7, 11) is 0. The Morgan fingerprint density at radius 3 is 1.37 bits per heavy atom. The van der Waals surface area contributed by atoms with E-state index in [4.69, 9.17) is 43.0 Å². The largest absolute Gasteiger partial charge is 0.481 e. The highest BCUT2D eigenvalue weighted by Gasteiger charge is 2.04. The van der Waals surface area contributed by atoms with Gasteiger partial charge in [-0.05, 0) is 12.8 Å². The molecule has 0 fully saturated rings. The first-order chi connectivity index (χ1) is 21.1. The molecule has 0 rings (SSSR count). The lowest BCUT2D eigenvalue weighted by molar-refractivity contribution is -0.145. The van der Waals surface area contributed by atoms with E-state index in [1.807, 2.05) is 0 Å². The molecule has 43 heavy (non-hydrogen) atoms. The zero-order valence-corrected chi connectivity index (χ0v) is 26.3. The van der Waals surface area contributed by atoms with Crippen molar-refractivity contribution in [3.63, 3.8) is 0 Å². The number of carbonyl (C=O) groups excluding carboxylic acids is 2.